The van der Waals surface area contributed by atoms with Crippen LogP contribution in [0.1, 0.15) is 29.2 Å². The van der Waals surface area contributed by atoms with Gasteiger partial charge in [0.05, 0.1) is 18.0 Å². The first-order valence-corrected chi connectivity index (χ1v) is 9.42. The molecule has 0 aromatic heterocycles. The monoisotopic (exact) mass is 372 g/mol. The van der Waals surface area contributed by atoms with Gasteiger partial charge in [0.25, 0.3) is 0 Å². The molecule has 1 heterocycles. The van der Waals surface area contributed by atoms with Crippen molar-refractivity contribution in [1.29, 1.82) is 0 Å². The topological polar surface area (TPSA) is 39.7 Å². The van der Waals surface area contributed by atoms with Gasteiger partial charge >= 0.3 is 0 Å². The largest absolute Gasteiger partial charge is 0.379 e. The van der Waals surface area contributed by atoms with Gasteiger partial charge in [0.15, 0.2) is 0 Å². The van der Waals surface area contributed by atoms with Crippen LogP contribution in [0.2, 0.25) is 0 Å². The molecule has 0 unspecified atom stereocenters. The van der Waals surface area contributed by atoms with Crippen molar-refractivity contribution < 1.29 is 0 Å². The fraction of sp³-hybridized carbons (Fsp3) is 0.208. The Morgan fingerprint density at radius 2 is 1.86 bits per heavy atom. The zero-order valence-corrected chi connectivity index (χ0v) is 17.1. The summed E-state index contributed by atoms with van der Waals surface area (Å²) in [5.41, 5.74) is 8.66. The van der Waals surface area contributed by atoms with Gasteiger partial charge < -0.3 is 10.6 Å². The molecule has 1 aliphatic heterocycles. The number of hydrogen-bond donors (Lipinski definition) is 2. The zero-order valence-electron chi connectivity index (χ0n) is 17.1. The molecule has 3 rings (SSSR count). The number of benzene rings is 2. The molecular weight excluding hydrogens is 344 g/mol. The van der Waals surface area contributed by atoms with Crippen LogP contribution >= 0.6 is 0 Å². The molecule has 0 saturated heterocycles. The first-order valence-electron chi connectivity index (χ1n) is 9.42. The van der Waals surface area contributed by atoms with Gasteiger partial charge in [-0.15, -0.1) is 0 Å². The normalized spacial score (nSPS) is 14.6. The molecular formula is C24H28N4. The summed E-state index contributed by atoms with van der Waals surface area (Å²) in [6, 6.07) is 14.7. The van der Waals surface area contributed by atoms with Gasteiger partial charge in [-0.3, -0.25) is 0 Å². The van der Waals surface area contributed by atoms with E-state index in [2.05, 4.69) is 81.0 Å². The molecule has 2 aromatic rings. The molecule has 0 bridgehead atoms. The molecule has 2 N–H and O–H groups in total. The first-order chi connectivity index (χ1) is 13.3. The summed E-state index contributed by atoms with van der Waals surface area (Å²) in [6.45, 7) is 17.3. The molecule has 0 atom stereocenters. The predicted octanol–water partition coefficient (Wildman–Crippen LogP) is 5.22. The van der Waals surface area contributed by atoms with Gasteiger partial charge in [0.2, 0.25) is 0 Å². The van der Waals surface area contributed by atoms with Crippen LogP contribution in [0, 0.1) is 20.8 Å². The van der Waals surface area contributed by atoms with Gasteiger partial charge in [0, 0.05) is 11.4 Å². The highest BCUT2D eigenvalue weighted by Crippen LogP contribution is 2.21. The first kappa shape index (κ1) is 19.5. The van der Waals surface area contributed by atoms with E-state index in [0.29, 0.717) is 12.4 Å². The third-order valence-electron chi connectivity index (χ3n) is 4.85. The number of aryl methyl sites for hydroxylation is 3. The molecule has 1 aliphatic rings. The van der Waals surface area contributed by atoms with E-state index < -0.39 is 0 Å². The lowest BCUT2D eigenvalue weighted by Crippen LogP contribution is -2.33. The van der Waals surface area contributed by atoms with Gasteiger partial charge in [0.1, 0.15) is 5.82 Å². The predicted molar refractivity (Wildman–Crippen MR) is 119 cm³/mol. The summed E-state index contributed by atoms with van der Waals surface area (Å²) in [5, 5.41) is 13.2. The van der Waals surface area contributed by atoms with E-state index in [1.54, 1.807) is 5.01 Å². The third-order valence-corrected chi connectivity index (χ3v) is 4.85. The summed E-state index contributed by atoms with van der Waals surface area (Å²) in [4.78, 5) is 0. The van der Waals surface area contributed by atoms with Crippen molar-refractivity contribution in [2.45, 2.75) is 27.7 Å². The average molecular weight is 373 g/mol. The van der Waals surface area contributed by atoms with Crippen molar-refractivity contribution in [3.8, 4) is 0 Å². The number of nitrogens with zero attached hydrogens (tertiary/aromatic N) is 2. The second-order valence-corrected chi connectivity index (χ2v) is 7.25. The Bertz CT molecular complexity index is 982. The SMILES string of the molecule is C=C1C=C(CNc2cccc(C)c2)NC(=C)N1/N=C(\C)c1ccc(C)c(C)c1. The van der Waals surface area contributed by atoms with E-state index in [1.807, 2.05) is 19.1 Å². The maximum Gasteiger partial charge on any atom is 0.125 e. The van der Waals surface area contributed by atoms with E-state index in [4.69, 9.17) is 5.10 Å². The summed E-state index contributed by atoms with van der Waals surface area (Å²) in [6.07, 6.45) is 1.99. The van der Waals surface area contributed by atoms with Crippen LogP contribution in [-0.2, 0) is 0 Å². The fourth-order valence-electron chi connectivity index (χ4n) is 3.06. The Kier molecular flexibility index (Phi) is 5.69. The second-order valence-electron chi connectivity index (χ2n) is 7.25. The van der Waals surface area contributed by atoms with Gasteiger partial charge in [-0.2, -0.15) is 5.10 Å². The van der Waals surface area contributed by atoms with Gasteiger partial charge in [-0.1, -0.05) is 37.4 Å². The molecule has 0 aliphatic carbocycles. The quantitative estimate of drug-likeness (QED) is 0.707. The smallest absolute Gasteiger partial charge is 0.125 e. The number of hydrazone groups is 1. The van der Waals surface area contributed by atoms with E-state index in [0.717, 1.165) is 28.4 Å². The Labute approximate surface area is 168 Å². The Morgan fingerprint density at radius 1 is 1.07 bits per heavy atom. The molecule has 2 aromatic carbocycles. The van der Waals surface area contributed by atoms with Crippen LogP contribution in [0.5, 0.6) is 0 Å². The highest BCUT2D eigenvalue weighted by atomic mass is 15.5. The van der Waals surface area contributed by atoms with E-state index in [1.165, 1.54) is 16.7 Å². The number of anilines is 1. The number of nitrogens with one attached hydrogen (secondary N) is 2. The summed E-state index contributed by atoms with van der Waals surface area (Å²) in [7, 11) is 0. The summed E-state index contributed by atoms with van der Waals surface area (Å²) < 4.78 is 0. The van der Waals surface area contributed by atoms with Crippen molar-refractivity contribution in [1.82, 2.24) is 10.3 Å². The molecule has 4 nitrogen and oxygen atoms in total. The van der Waals surface area contributed by atoms with Crippen LogP contribution in [0.3, 0.4) is 0 Å². The number of hydrogen-bond acceptors (Lipinski definition) is 4. The fourth-order valence-corrected chi connectivity index (χ4v) is 3.06. The summed E-state index contributed by atoms with van der Waals surface area (Å²) >= 11 is 0. The minimum Gasteiger partial charge on any atom is -0.379 e. The van der Waals surface area contributed by atoms with Crippen LogP contribution in [0.15, 0.2) is 84.0 Å². The Balaban J connectivity index is 1.72. The molecule has 4 heteroatoms. The van der Waals surface area contributed by atoms with Crippen LogP contribution in [0.4, 0.5) is 5.69 Å². The Morgan fingerprint density at radius 3 is 2.54 bits per heavy atom. The lowest BCUT2D eigenvalue weighted by Gasteiger charge is -2.29. The van der Waals surface area contributed by atoms with Crippen molar-refractivity contribution in [2.24, 2.45) is 5.10 Å². The Hall–Kier alpha value is -3.27. The minimum atomic E-state index is 0.662. The van der Waals surface area contributed by atoms with E-state index in [-0.39, 0.29) is 0 Å². The number of allylic oxidation sites excluding steroid dienone is 1. The van der Waals surface area contributed by atoms with Gasteiger partial charge in [-0.05, 0) is 74.2 Å². The standard InChI is InChI=1S/C24H28N4/c1-16-8-7-9-23(12-16)25-15-24-14-19(4)28(21(6)26-24)27-20(5)22-11-10-17(2)18(3)13-22/h7-14,25-26H,4,6,15H2,1-3,5H3/b27-20+. The molecule has 144 valence electrons. The van der Waals surface area contributed by atoms with Crippen molar-refractivity contribution in [3.05, 3.63) is 101 Å². The highest BCUT2D eigenvalue weighted by molar-refractivity contribution is 5.98. The van der Waals surface area contributed by atoms with Crippen molar-refractivity contribution in [2.75, 3.05) is 11.9 Å². The number of rotatable bonds is 5. The lowest BCUT2D eigenvalue weighted by molar-refractivity contribution is 0.428. The van der Waals surface area contributed by atoms with Crippen molar-refractivity contribution in [3.63, 3.8) is 0 Å². The van der Waals surface area contributed by atoms with E-state index in [9.17, 15) is 0 Å². The maximum atomic E-state index is 4.73. The van der Waals surface area contributed by atoms with E-state index >= 15 is 0 Å². The van der Waals surface area contributed by atoms with Crippen LogP contribution < -0.4 is 10.6 Å². The maximum absolute atomic E-state index is 4.73. The molecule has 0 spiro atoms. The summed E-state index contributed by atoms with van der Waals surface area (Å²) in [5.74, 6) is 0.691. The van der Waals surface area contributed by atoms with Gasteiger partial charge in [-0.25, -0.2) is 5.01 Å². The van der Waals surface area contributed by atoms with Crippen molar-refractivity contribution >= 4 is 11.4 Å². The molecule has 0 fully saturated rings. The molecule has 0 saturated carbocycles. The third kappa shape index (κ3) is 4.52. The second kappa shape index (κ2) is 8.17. The lowest BCUT2D eigenvalue weighted by atomic mass is 10.0. The minimum absolute atomic E-state index is 0.662. The molecule has 0 radical (unpaired) electrons. The highest BCUT2D eigenvalue weighted by Gasteiger charge is 2.17. The van der Waals surface area contributed by atoms with Crippen LogP contribution in [0.25, 0.3) is 0 Å². The molecule has 28 heavy (non-hydrogen) atoms. The average Bonchev–Trinajstić information content (AvgIpc) is 2.65. The van der Waals surface area contributed by atoms with Crippen LogP contribution in [-0.4, -0.2) is 17.3 Å². The zero-order chi connectivity index (χ0) is 20.3. The molecule has 0 amide bonds.